The number of nitrogens with two attached hydrogens (primary N) is 1. The summed E-state index contributed by atoms with van der Waals surface area (Å²) in [6, 6.07) is 1.11. The summed E-state index contributed by atoms with van der Waals surface area (Å²) in [7, 11) is 0. The highest BCUT2D eigenvalue weighted by Crippen LogP contribution is 2.63. The molecule has 6 rings (SSSR count). The fourth-order valence-electron chi connectivity index (χ4n) is 6.86. The molecule has 5 heteroatoms. The van der Waals surface area contributed by atoms with E-state index in [0.717, 1.165) is 44.9 Å². The van der Waals surface area contributed by atoms with Gasteiger partial charge in [0, 0.05) is 6.04 Å². The van der Waals surface area contributed by atoms with Gasteiger partial charge in [0.15, 0.2) is 0 Å². The van der Waals surface area contributed by atoms with Gasteiger partial charge in [-0.15, -0.1) is 0 Å². The zero-order valence-electron chi connectivity index (χ0n) is 16.3. The number of fused-ring (bicyclic) bond motifs is 1. The summed E-state index contributed by atoms with van der Waals surface area (Å²) in [4.78, 5) is 15.2. The molecular formula is C18H25N3O2. The third-order valence-electron chi connectivity index (χ3n) is 7.37. The van der Waals surface area contributed by atoms with Crippen LogP contribution < -0.4 is 5.72 Å². The number of carbonyl (C=O) groups is 1. The highest BCUT2D eigenvalue weighted by atomic mass is 16.3. The second kappa shape index (κ2) is 4.29. The van der Waals surface area contributed by atoms with Crippen LogP contribution in [0, 0.1) is 34.5 Å². The zero-order chi connectivity index (χ0) is 18.3. The molecule has 6 atom stereocenters. The standard InChI is InChI=1S/C18H25N3O2/c19-8-13-2-12-3-14(12)21(13)16(22)15(20)17-4-10-1-11(5-17)7-18(23,6-10)9-17/h10-15,23H,1-7,9,20H2/t10?,11?,12-,13+,14+,15-,17?,18?/m1/s1/i23D/hD2. The van der Waals surface area contributed by atoms with Gasteiger partial charge in [-0.3, -0.25) is 4.79 Å². The molecule has 5 aliphatic carbocycles. The highest BCUT2D eigenvalue weighted by Gasteiger charge is 2.62. The minimum absolute atomic E-state index is 0.130. The van der Waals surface area contributed by atoms with Gasteiger partial charge < -0.3 is 15.7 Å². The molecule has 0 spiro atoms. The number of aliphatic hydroxyl groups is 1. The largest absolute Gasteiger partial charge is 0.390 e. The molecule has 5 nitrogen and oxygen atoms in total. The Morgan fingerprint density at radius 2 is 2.13 bits per heavy atom. The number of carbonyl (C=O) groups excluding carboxylic acids is 1. The fourth-order valence-corrected chi connectivity index (χ4v) is 6.86. The molecule has 0 aromatic carbocycles. The average molecular weight is 318 g/mol. The zero-order valence-corrected chi connectivity index (χ0v) is 13.3. The molecule has 2 unspecified atom stereocenters. The van der Waals surface area contributed by atoms with Gasteiger partial charge >= 0.3 is 0 Å². The number of hydrogen-bond donors (Lipinski definition) is 2. The molecule has 0 aromatic rings. The van der Waals surface area contributed by atoms with E-state index in [0.29, 0.717) is 29.9 Å². The van der Waals surface area contributed by atoms with Crippen LogP contribution in [0.2, 0.25) is 2.82 Å². The van der Waals surface area contributed by atoms with Crippen molar-refractivity contribution in [3.8, 4) is 6.07 Å². The molecule has 0 aromatic heterocycles. The molecule has 23 heavy (non-hydrogen) atoms. The van der Waals surface area contributed by atoms with E-state index in [4.69, 9.17) is 9.36 Å². The smallest absolute Gasteiger partial charge is 0.241 e. The van der Waals surface area contributed by atoms with Crippen molar-refractivity contribution in [1.29, 1.82) is 6.69 Å². The fraction of sp³-hybridized carbons (Fsp3) is 0.889. The van der Waals surface area contributed by atoms with Crippen molar-refractivity contribution < 1.29 is 12.7 Å². The molecule has 3 N–H and O–H groups in total. The van der Waals surface area contributed by atoms with Crippen LogP contribution in [0.4, 0.5) is 0 Å². The number of piperidine rings is 1. The lowest BCUT2D eigenvalue weighted by molar-refractivity contribution is -0.177. The first-order chi connectivity index (χ1) is 12.4. The number of nitriles is 1. The van der Waals surface area contributed by atoms with Gasteiger partial charge in [-0.1, -0.05) is 0 Å². The summed E-state index contributed by atoms with van der Waals surface area (Å²) in [5.41, 5.74) is -0.393. The van der Waals surface area contributed by atoms with E-state index < -0.39 is 23.1 Å². The van der Waals surface area contributed by atoms with Crippen LogP contribution in [0.1, 0.15) is 51.4 Å². The van der Waals surface area contributed by atoms with Crippen molar-refractivity contribution in [2.45, 2.75) is 75.1 Å². The molecule has 6 fully saturated rings. The number of nitrogens with zero attached hydrogens (tertiary/aromatic N) is 2. The van der Waals surface area contributed by atoms with E-state index in [1.807, 2.05) is 0 Å². The highest BCUT2D eigenvalue weighted by molar-refractivity contribution is 5.84. The lowest BCUT2D eigenvalue weighted by atomic mass is 9.46. The van der Waals surface area contributed by atoms with E-state index in [1.54, 1.807) is 4.90 Å². The van der Waals surface area contributed by atoms with E-state index in [9.17, 15) is 10.1 Å². The molecule has 124 valence electrons. The summed E-state index contributed by atoms with van der Waals surface area (Å²) in [5, 5.41) is 14.7. The Morgan fingerprint density at radius 3 is 2.78 bits per heavy atom. The second-order valence-corrected chi connectivity index (χ2v) is 9.10. The van der Waals surface area contributed by atoms with Crippen LogP contribution in [-0.4, -0.2) is 41.1 Å². The topological polar surface area (TPSA) is 90.3 Å². The van der Waals surface area contributed by atoms with Gasteiger partial charge in [0.2, 0.25) is 7.34 Å². The maximum absolute atomic E-state index is 13.5. The molecule has 1 heterocycles. The third kappa shape index (κ3) is 1.88. The summed E-state index contributed by atoms with van der Waals surface area (Å²) >= 11 is 0. The Morgan fingerprint density at radius 1 is 1.35 bits per heavy atom. The Bertz CT molecular complexity index is 667. The molecule has 1 saturated heterocycles. The quantitative estimate of drug-likeness (QED) is 0.814. The van der Waals surface area contributed by atoms with Crippen LogP contribution in [0.3, 0.4) is 0 Å². The minimum Gasteiger partial charge on any atom is -0.390 e. The number of rotatable bonds is 4. The Hall–Kier alpha value is -1.12. The predicted molar refractivity (Wildman–Crippen MR) is 82.8 cm³/mol. The number of hydrogen-bond acceptors (Lipinski definition) is 4. The van der Waals surface area contributed by atoms with Crippen molar-refractivity contribution in [3.63, 3.8) is 0 Å². The van der Waals surface area contributed by atoms with Crippen LogP contribution in [0.5, 0.6) is 0 Å². The third-order valence-corrected chi connectivity index (χ3v) is 7.37. The normalized spacial score (nSPS) is 55.7. The van der Waals surface area contributed by atoms with Crippen molar-refractivity contribution in [2.75, 3.05) is 0 Å². The first-order valence-electron chi connectivity index (χ1n) is 10.3. The summed E-state index contributed by atoms with van der Waals surface area (Å²) in [5.74, 6) is 1.04. The monoisotopic (exact) mass is 318 g/mol. The molecule has 4 bridgehead atoms. The van der Waals surface area contributed by atoms with E-state index >= 15 is 0 Å². The van der Waals surface area contributed by atoms with Gasteiger partial charge in [-0.25, -0.2) is 0 Å². The Kier molecular flexibility index (Phi) is 2.13. The summed E-state index contributed by atoms with van der Waals surface area (Å²) in [6.07, 6.45) is 6.76. The van der Waals surface area contributed by atoms with Gasteiger partial charge in [-0.2, -0.15) is 5.26 Å². The Balaban J connectivity index is 1.50. The van der Waals surface area contributed by atoms with Crippen LogP contribution >= 0.6 is 0 Å². The first kappa shape index (κ1) is 11.4. The summed E-state index contributed by atoms with van der Waals surface area (Å²) < 4.78 is 23.8. The van der Waals surface area contributed by atoms with Gasteiger partial charge in [-0.05, 0) is 74.5 Å². The maximum atomic E-state index is 13.5. The lowest BCUT2D eigenvalue weighted by Gasteiger charge is -2.61. The second-order valence-electron chi connectivity index (χ2n) is 9.10. The van der Waals surface area contributed by atoms with Crippen molar-refractivity contribution >= 4 is 5.91 Å². The minimum atomic E-state index is -0.863. The lowest BCUT2D eigenvalue weighted by Crippen LogP contribution is -2.64. The average Bonchev–Trinajstić information content (AvgIpc) is 3.22. The first-order valence-corrected chi connectivity index (χ1v) is 9.03. The molecule has 0 radical (unpaired) electrons. The van der Waals surface area contributed by atoms with Gasteiger partial charge in [0.05, 0.1) is 17.7 Å². The Labute approximate surface area is 141 Å². The van der Waals surface area contributed by atoms with Crippen molar-refractivity contribution in [1.82, 2.24) is 4.90 Å². The number of amides is 1. The van der Waals surface area contributed by atoms with E-state index in [-0.39, 0.29) is 11.9 Å². The molecule has 6 aliphatic rings. The SMILES string of the molecule is [2H]OC12CC3CC(C1)CC([C@@H](C(=O)N1[C@H](C#N)C[C@@H]4C[C@@H]41)N([2H])[2H])(C3)C2. The molecule has 1 aliphatic heterocycles. The molecular weight excluding hydrogens is 290 g/mol. The van der Waals surface area contributed by atoms with Crippen molar-refractivity contribution in [3.05, 3.63) is 0 Å². The van der Waals surface area contributed by atoms with Gasteiger partial charge in [0.1, 0.15) is 8.87 Å². The summed E-state index contributed by atoms with van der Waals surface area (Å²) in [6.45, 7) is 0. The van der Waals surface area contributed by atoms with Crippen LogP contribution in [0.25, 0.3) is 0 Å². The molecule has 5 saturated carbocycles. The predicted octanol–water partition coefficient (Wildman–Crippen LogP) is 1.16. The molecule has 1 amide bonds. The maximum Gasteiger partial charge on any atom is 0.241 e. The van der Waals surface area contributed by atoms with E-state index in [1.165, 1.54) is 0 Å². The number of likely N-dealkylation sites (tertiary alicyclic amines) is 1. The van der Waals surface area contributed by atoms with E-state index in [2.05, 4.69) is 6.07 Å². The van der Waals surface area contributed by atoms with Crippen LogP contribution in [0.15, 0.2) is 0 Å². The van der Waals surface area contributed by atoms with Crippen LogP contribution in [-0.2, 0) is 4.79 Å². The van der Waals surface area contributed by atoms with Gasteiger partial charge in [0.25, 0.3) is 0 Å². The van der Waals surface area contributed by atoms with Crippen molar-refractivity contribution in [2.24, 2.45) is 28.9 Å².